The number of benzene rings is 1. The second-order valence-corrected chi connectivity index (χ2v) is 14.0. The van der Waals surface area contributed by atoms with Crippen LogP contribution < -0.4 is 9.80 Å². The van der Waals surface area contributed by atoms with Gasteiger partial charge >= 0.3 is 24.4 Å². The Morgan fingerprint density at radius 1 is 0.643 bits per heavy atom. The molecular weight excluding hydrogens is 612 g/mol. The first kappa shape index (κ1) is 34.7. The van der Waals surface area contributed by atoms with Gasteiger partial charge < -0.3 is 18.9 Å². The molecule has 0 saturated carbocycles. The average molecular weight is 654 g/mol. The van der Waals surface area contributed by atoms with Crippen molar-refractivity contribution in [2.24, 2.45) is 0 Å². The van der Waals surface area contributed by atoms with Gasteiger partial charge in [0.25, 0.3) is 0 Å². The number of rotatable bonds is 3. The molecular formula is C29H41BrN4O8. The number of ether oxygens (including phenoxy) is 4. The number of alkyl halides is 1. The molecule has 0 unspecified atom stereocenters. The molecule has 0 spiro atoms. The normalized spacial score (nSPS) is 12.4. The van der Waals surface area contributed by atoms with E-state index in [4.69, 9.17) is 18.9 Å². The standard InChI is InChI=1S/C29H41BrN4O8/c1-26(2,3)39-22(35)33(23(36)40-27(4,5)6)20-18-14-13-17(16-30)15-19(18)31-21(32-20)34(24(37)41-28(7,8)9)25(38)42-29(10,11)12/h13-15H,16H2,1-12H3. The first-order valence-electron chi connectivity index (χ1n) is 13.3. The predicted octanol–water partition coefficient (Wildman–Crippen LogP) is 7.88. The van der Waals surface area contributed by atoms with Crippen molar-refractivity contribution in [2.45, 2.75) is 111 Å². The van der Waals surface area contributed by atoms with Crippen LogP contribution in [0.2, 0.25) is 0 Å². The van der Waals surface area contributed by atoms with E-state index in [2.05, 4.69) is 25.9 Å². The van der Waals surface area contributed by atoms with Crippen molar-refractivity contribution >= 4 is 63.0 Å². The monoisotopic (exact) mass is 652 g/mol. The molecule has 4 amide bonds. The maximum Gasteiger partial charge on any atom is 0.427 e. The average Bonchev–Trinajstić information content (AvgIpc) is 2.73. The van der Waals surface area contributed by atoms with E-state index in [1.165, 1.54) is 0 Å². The molecule has 42 heavy (non-hydrogen) atoms. The minimum absolute atomic E-state index is 0.209. The zero-order valence-electron chi connectivity index (χ0n) is 26.4. The van der Waals surface area contributed by atoms with Crippen LogP contribution in [0.15, 0.2) is 18.2 Å². The lowest BCUT2D eigenvalue weighted by Crippen LogP contribution is -2.46. The van der Waals surface area contributed by atoms with Crippen molar-refractivity contribution in [2.75, 3.05) is 9.80 Å². The Morgan fingerprint density at radius 2 is 1.02 bits per heavy atom. The molecule has 0 aliphatic heterocycles. The van der Waals surface area contributed by atoms with Gasteiger partial charge in [0.2, 0.25) is 5.95 Å². The SMILES string of the molecule is CC(C)(C)OC(=O)N(C(=O)OC(C)(C)C)c1nc(N(C(=O)OC(C)(C)C)C(=O)OC(C)(C)C)c2ccc(CBr)cc2n1. The summed E-state index contributed by atoms with van der Waals surface area (Å²) >= 11 is 3.40. The van der Waals surface area contributed by atoms with Crippen LogP contribution >= 0.6 is 15.9 Å². The van der Waals surface area contributed by atoms with Crippen molar-refractivity contribution < 1.29 is 38.1 Å². The number of carbonyl (C=O) groups excluding carboxylic acids is 4. The molecule has 0 radical (unpaired) electrons. The molecule has 12 nitrogen and oxygen atoms in total. The summed E-state index contributed by atoms with van der Waals surface area (Å²) in [5, 5.41) is 0.690. The second kappa shape index (κ2) is 12.4. The van der Waals surface area contributed by atoms with E-state index in [-0.39, 0.29) is 16.7 Å². The number of aromatic nitrogens is 2. The van der Waals surface area contributed by atoms with E-state index in [1.807, 2.05) is 0 Å². The highest BCUT2D eigenvalue weighted by molar-refractivity contribution is 9.08. The van der Waals surface area contributed by atoms with E-state index in [0.717, 1.165) is 5.56 Å². The maximum absolute atomic E-state index is 13.5. The van der Waals surface area contributed by atoms with Gasteiger partial charge in [-0.15, -0.1) is 4.90 Å². The number of halogens is 1. The van der Waals surface area contributed by atoms with Crippen molar-refractivity contribution in [3.63, 3.8) is 0 Å². The molecule has 1 aromatic carbocycles. The Kier molecular flexibility index (Phi) is 10.3. The Bertz CT molecular complexity index is 1290. The lowest BCUT2D eigenvalue weighted by Gasteiger charge is -2.30. The van der Waals surface area contributed by atoms with Crippen LogP contribution in [-0.2, 0) is 24.3 Å². The Morgan fingerprint density at radius 3 is 1.38 bits per heavy atom. The van der Waals surface area contributed by atoms with Crippen molar-refractivity contribution in [3.05, 3.63) is 23.8 Å². The number of carbonyl (C=O) groups is 4. The van der Waals surface area contributed by atoms with Gasteiger partial charge in [-0.3, -0.25) is 0 Å². The van der Waals surface area contributed by atoms with E-state index in [9.17, 15) is 19.2 Å². The van der Waals surface area contributed by atoms with Crippen LogP contribution in [-0.4, -0.2) is 56.7 Å². The predicted molar refractivity (Wildman–Crippen MR) is 162 cm³/mol. The van der Waals surface area contributed by atoms with Gasteiger partial charge in [0.05, 0.1) is 5.52 Å². The highest BCUT2D eigenvalue weighted by Gasteiger charge is 2.39. The lowest BCUT2D eigenvalue weighted by molar-refractivity contribution is 0.0411. The van der Waals surface area contributed by atoms with Gasteiger partial charge in [0.1, 0.15) is 22.4 Å². The fourth-order valence-corrected chi connectivity index (χ4v) is 3.56. The molecule has 0 aliphatic carbocycles. The molecule has 2 rings (SSSR count). The molecule has 1 aromatic heterocycles. The summed E-state index contributed by atoms with van der Waals surface area (Å²) in [6, 6.07) is 5.01. The zero-order chi connectivity index (χ0) is 32.4. The van der Waals surface area contributed by atoms with Crippen LogP contribution in [0.3, 0.4) is 0 Å². The largest absolute Gasteiger partial charge is 0.443 e. The molecule has 2 aromatic rings. The molecule has 232 valence electrons. The summed E-state index contributed by atoms with van der Waals surface area (Å²) in [7, 11) is 0. The fourth-order valence-electron chi connectivity index (χ4n) is 3.22. The lowest BCUT2D eigenvalue weighted by atomic mass is 10.1. The Labute approximate surface area is 255 Å². The van der Waals surface area contributed by atoms with E-state index >= 15 is 0 Å². The van der Waals surface area contributed by atoms with E-state index in [0.29, 0.717) is 15.1 Å². The highest BCUT2D eigenvalue weighted by Crippen LogP contribution is 2.32. The third-order valence-corrected chi connectivity index (χ3v) is 5.25. The van der Waals surface area contributed by atoms with Gasteiger partial charge in [0, 0.05) is 10.7 Å². The van der Waals surface area contributed by atoms with Gasteiger partial charge in [-0.05, 0) is 101 Å². The molecule has 0 aliphatic rings. The minimum Gasteiger partial charge on any atom is -0.443 e. The number of hydrogen-bond acceptors (Lipinski definition) is 10. The number of nitrogens with zero attached hydrogens (tertiary/aromatic N) is 4. The van der Waals surface area contributed by atoms with Gasteiger partial charge in [0.15, 0.2) is 5.82 Å². The van der Waals surface area contributed by atoms with E-state index < -0.39 is 52.7 Å². The summed E-state index contributed by atoms with van der Waals surface area (Å²) in [5.74, 6) is -0.776. The zero-order valence-corrected chi connectivity index (χ0v) is 28.0. The maximum atomic E-state index is 13.5. The third kappa shape index (κ3) is 10.1. The summed E-state index contributed by atoms with van der Waals surface area (Å²) < 4.78 is 22.0. The summed E-state index contributed by atoms with van der Waals surface area (Å²) in [6.07, 6.45) is -4.43. The third-order valence-electron chi connectivity index (χ3n) is 4.60. The molecule has 13 heteroatoms. The number of hydrogen-bond donors (Lipinski definition) is 0. The van der Waals surface area contributed by atoms with Crippen molar-refractivity contribution in [1.82, 2.24) is 9.97 Å². The second-order valence-electron chi connectivity index (χ2n) is 13.4. The first-order chi connectivity index (χ1) is 18.9. The summed E-state index contributed by atoms with van der Waals surface area (Å²) in [4.78, 5) is 63.8. The number of imide groups is 2. The summed E-state index contributed by atoms with van der Waals surface area (Å²) in [5.41, 5.74) is -3.00. The molecule has 1 heterocycles. The number of fused-ring (bicyclic) bond motifs is 1. The van der Waals surface area contributed by atoms with Crippen LogP contribution in [0.1, 0.15) is 88.6 Å². The number of anilines is 2. The van der Waals surface area contributed by atoms with Crippen LogP contribution in [0.5, 0.6) is 0 Å². The molecule has 0 saturated heterocycles. The van der Waals surface area contributed by atoms with Crippen molar-refractivity contribution in [1.29, 1.82) is 0 Å². The Balaban J connectivity index is 2.96. The van der Waals surface area contributed by atoms with Gasteiger partial charge in [-0.2, -0.15) is 9.88 Å². The molecule has 0 atom stereocenters. The number of amides is 4. The Hall–Kier alpha value is -3.48. The quantitative estimate of drug-likeness (QED) is 0.238. The van der Waals surface area contributed by atoms with Crippen LogP contribution in [0, 0.1) is 0 Å². The molecule has 0 bridgehead atoms. The fraction of sp³-hybridized carbons (Fsp3) is 0.586. The van der Waals surface area contributed by atoms with Crippen LogP contribution in [0.4, 0.5) is 30.9 Å². The van der Waals surface area contributed by atoms with Crippen LogP contribution in [0.25, 0.3) is 10.9 Å². The van der Waals surface area contributed by atoms with Gasteiger partial charge in [-0.1, -0.05) is 22.0 Å². The van der Waals surface area contributed by atoms with E-state index in [1.54, 1.807) is 101 Å². The molecule has 0 fully saturated rings. The van der Waals surface area contributed by atoms with Crippen molar-refractivity contribution in [3.8, 4) is 0 Å². The molecule has 0 N–H and O–H groups in total. The highest BCUT2D eigenvalue weighted by atomic mass is 79.9. The van der Waals surface area contributed by atoms with Gasteiger partial charge in [-0.25, -0.2) is 24.2 Å². The smallest absolute Gasteiger partial charge is 0.427 e. The minimum atomic E-state index is -1.13. The summed E-state index contributed by atoms with van der Waals surface area (Å²) in [6.45, 7) is 19.6. The topological polar surface area (TPSA) is 137 Å². The first-order valence-corrected chi connectivity index (χ1v) is 14.4.